The van der Waals surface area contributed by atoms with Gasteiger partial charge in [-0.05, 0) is 54.9 Å². The number of hydrogen-bond donors (Lipinski definition) is 2. The normalized spacial score (nSPS) is 32.3. The summed E-state index contributed by atoms with van der Waals surface area (Å²) in [6, 6.07) is 12.7. The maximum Gasteiger partial charge on any atom is 0.344 e. The molecular formula is C26H26O6. The van der Waals surface area contributed by atoms with Gasteiger partial charge in [0, 0.05) is 5.56 Å². The second kappa shape index (κ2) is 6.83. The Morgan fingerprint density at radius 2 is 2.03 bits per heavy atom. The molecule has 3 aliphatic carbocycles. The van der Waals surface area contributed by atoms with Crippen LogP contribution in [0.5, 0.6) is 11.5 Å². The summed E-state index contributed by atoms with van der Waals surface area (Å²) in [5, 5.41) is 22.6. The number of hydrogen-bond acceptors (Lipinski definition) is 6. The maximum absolute atomic E-state index is 12.9. The molecule has 6 nitrogen and oxygen atoms in total. The monoisotopic (exact) mass is 434 g/mol. The smallest absolute Gasteiger partial charge is 0.344 e. The minimum Gasteiger partial charge on any atom is -0.493 e. The molecular weight excluding hydrogens is 408 g/mol. The Morgan fingerprint density at radius 1 is 1.22 bits per heavy atom. The topological polar surface area (TPSA) is 85.2 Å². The van der Waals surface area contributed by atoms with Crippen LogP contribution in [0.2, 0.25) is 0 Å². The van der Waals surface area contributed by atoms with Gasteiger partial charge in [-0.25, -0.2) is 4.79 Å². The minimum absolute atomic E-state index is 0.123. The molecule has 0 saturated heterocycles. The van der Waals surface area contributed by atoms with E-state index in [1.165, 1.54) is 5.56 Å². The third-order valence-electron chi connectivity index (χ3n) is 8.02. The molecule has 1 spiro atoms. The quantitative estimate of drug-likeness (QED) is 0.718. The second-order valence-electron chi connectivity index (χ2n) is 9.36. The Hall–Kier alpha value is -2.83. The van der Waals surface area contributed by atoms with Gasteiger partial charge >= 0.3 is 5.97 Å². The van der Waals surface area contributed by atoms with Crippen LogP contribution in [0.25, 0.3) is 0 Å². The summed E-state index contributed by atoms with van der Waals surface area (Å²) in [7, 11) is 1.60. The van der Waals surface area contributed by atoms with Crippen molar-refractivity contribution in [1.29, 1.82) is 0 Å². The van der Waals surface area contributed by atoms with Gasteiger partial charge in [0.2, 0.25) is 0 Å². The first-order valence-corrected chi connectivity index (χ1v) is 11.2. The van der Waals surface area contributed by atoms with E-state index in [4.69, 9.17) is 14.2 Å². The van der Waals surface area contributed by atoms with E-state index in [9.17, 15) is 15.0 Å². The van der Waals surface area contributed by atoms with Gasteiger partial charge in [-0.3, -0.25) is 0 Å². The zero-order chi connectivity index (χ0) is 22.1. The molecule has 2 aromatic rings. The molecule has 1 fully saturated rings. The summed E-state index contributed by atoms with van der Waals surface area (Å²) in [5.74, 6) is 0.994. The molecule has 2 aromatic carbocycles. The Bertz CT molecular complexity index is 1120. The van der Waals surface area contributed by atoms with Gasteiger partial charge < -0.3 is 24.4 Å². The molecule has 0 amide bonds. The third-order valence-corrected chi connectivity index (χ3v) is 8.02. The first kappa shape index (κ1) is 19.8. The Kier molecular flexibility index (Phi) is 4.23. The minimum atomic E-state index is -1.39. The van der Waals surface area contributed by atoms with Crippen molar-refractivity contribution in [3.8, 4) is 11.5 Å². The Balaban J connectivity index is 1.42. The molecule has 32 heavy (non-hydrogen) atoms. The maximum atomic E-state index is 12.9. The molecule has 1 heterocycles. The number of rotatable bonds is 4. The van der Waals surface area contributed by atoms with E-state index in [1.807, 2.05) is 12.1 Å². The van der Waals surface area contributed by atoms with E-state index in [2.05, 4.69) is 6.07 Å². The molecule has 1 aliphatic heterocycles. The van der Waals surface area contributed by atoms with Gasteiger partial charge in [0.25, 0.3) is 0 Å². The van der Waals surface area contributed by atoms with Crippen molar-refractivity contribution in [1.82, 2.24) is 0 Å². The number of carbonyl (C=O) groups excluding carboxylic acids is 1. The summed E-state index contributed by atoms with van der Waals surface area (Å²) in [4.78, 5) is 12.9. The lowest BCUT2D eigenvalue weighted by Crippen LogP contribution is -2.67. The molecule has 4 aliphatic rings. The van der Waals surface area contributed by atoms with Gasteiger partial charge in [0.1, 0.15) is 5.76 Å². The van der Waals surface area contributed by atoms with Crippen LogP contribution >= 0.6 is 0 Å². The molecule has 6 rings (SSSR count). The number of benzene rings is 2. The van der Waals surface area contributed by atoms with Crippen molar-refractivity contribution in [3.63, 3.8) is 0 Å². The summed E-state index contributed by atoms with van der Waals surface area (Å²) < 4.78 is 17.8. The van der Waals surface area contributed by atoms with Crippen LogP contribution in [0.1, 0.15) is 48.5 Å². The summed E-state index contributed by atoms with van der Waals surface area (Å²) in [6.07, 6.45) is 3.61. The van der Waals surface area contributed by atoms with Crippen LogP contribution in [0.4, 0.5) is 0 Å². The highest BCUT2D eigenvalue weighted by molar-refractivity contribution is 5.77. The highest BCUT2D eigenvalue weighted by Crippen LogP contribution is 2.67. The van der Waals surface area contributed by atoms with E-state index in [-0.39, 0.29) is 5.92 Å². The van der Waals surface area contributed by atoms with Gasteiger partial charge in [0.05, 0.1) is 18.1 Å². The van der Waals surface area contributed by atoms with E-state index in [1.54, 1.807) is 37.5 Å². The summed E-state index contributed by atoms with van der Waals surface area (Å²) in [5.41, 5.74) is 1.00. The highest BCUT2D eigenvalue weighted by Gasteiger charge is 2.70. The van der Waals surface area contributed by atoms with Crippen molar-refractivity contribution in [2.45, 2.75) is 55.3 Å². The molecule has 1 saturated carbocycles. The second-order valence-corrected chi connectivity index (χ2v) is 9.36. The van der Waals surface area contributed by atoms with Crippen molar-refractivity contribution >= 4 is 5.97 Å². The predicted octanol–water partition coefficient (Wildman–Crippen LogP) is 3.35. The van der Waals surface area contributed by atoms with Gasteiger partial charge in [-0.2, -0.15) is 0 Å². The molecule has 5 atom stereocenters. The molecule has 0 unspecified atom stereocenters. The van der Waals surface area contributed by atoms with E-state index in [0.717, 1.165) is 31.2 Å². The van der Waals surface area contributed by atoms with Crippen LogP contribution in [-0.2, 0) is 21.4 Å². The van der Waals surface area contributed by atoms with E-state index >= 15 is 0 Å². The van der Waals surface area contributed by atoms with Crippen LogP contribution in [-0.4, -0.2) is 35.0 Å². The summed E-state index contributed by atoms with van der Waals surface area (Å²) >= 11 is 0. The van der Waals surface area contributed by atoms with Gasteiger partial charge in [-0.15, -0.1) is 0 Å². The lowest BCUT2D eigenvalue weighted by Gasteiger charge is -2.59. The molecule has 0 radical (unpaired) electrons. The number of aliphatic hydroxyl groups is 2. The third kappa shape index (κ3) is 2.39. The zero-order valence-electron chi connectivity index (χ0n) is 17.9. The largest absolute Gasteiger partial charge is 0.493 e. The van der Waals surface area contributed by atoms with E-state index < -0.39 is 29.2 Å². The molecule has 2 bridgehead atoms. The fourth-order valence-electron chi connectivity index (χ4n) is 6.63. The molecule has 166 valence electrons. The Morgan fingerprint density at radius 3 is 2.81 bits per heavy atom. The van der Waals surface area contributed by atoms with Crippen LogP contribution in [0, 0.1) is 5.92 Å². The number of aliphatic hydroxyl groups excluding tert-OH is 1. The van der Waals surface area contributed by atoms with Gasteiger partial charge in [-0.1, -0.05) is 42.8 Å². The number of methoxy groups -OCH3 is 1. The van der Waals surface area contributed by atoms with Gasteiger partial charge in [0.15, 0.2) is 23.7 Å². The van der Waals surface area contributed by atoms with Crippen LogP contribution < -0.4 is 9.47 Å². The number of ether oxygens (including phenoxy) is 3. The standard InChI is InChI=1S/C26H26O6/c1-30-18-10-9-16-14-17-8-5-12-25-20(16)22(18)32-23(25)19(11-13-26(17,25)29)31-24(28)21(27)15-6-3-2-4-7-15/h2-4,6-7,9-11,17,21,23,27,29H,5,8,12-14H2,1H3/t17-,21-,23+,25+,26-/m1/s1. The first-order chi connectivity index (χ1) is 15.5. The van der Waals surface area contributed by atoms with Crippen molar-refractivity contribution in [2.75, 3.05) is 7.11 Å². The summed E-state index contributed by atoms with van der Waals surface area (Å²) in [6.45, 7) is 0. The highest BCUT2D eigenvalue weighted by atomic mass is 16.6. The molecule has 2 N–H and O–H groups in total. The fraction of sp³-hybridized carbons (Fsp3) is 0.423. The van der Waals surface area contributed by atoms with Crippen LogP contribution in [0.15, 0.2) is 54.3 Å². The number of esters is 1. The van der Waals surface area contributed by atoms with Crippen LogP contribution in [0.3, 0.4) is 0 Å². The zero-order valence-corrected chi connectivity index (χ0v) is 17.9. The molecule has 0 aromatic heterocycles. The average molecular weight is 434 g/mol. The first-order valence-electron chi connectivity index (χ1n) is 11.2. The average Bonchev–Trinajstić information content (AvgIpc) is 3.15. The Labute approximate surface area is 186 Å². The lowest BCUT2D eigenvalue weighted by molar-refractivity contribution is -0.165. The number of carbonyl (C=O) groups is 1. The lowest BCUT2D eigenvalue weighted by atomic mass is 9.47. The van der Waals surface area contributed by atoms with E-state index in [0.29, 0.717) is 29.2 Å². The van der Waals surface area contributed by atoms with Crippen molar-refractivity contribution < 1.29 is 29.2 Å². The molecule has 6 heteroatoms. The van der Waals surface area contributed by atoms with Crippen molar-refractivity contribution in [3.05, 3.63) is 71.0 Å². The fourth-order valence-corrected chi connectivity index (χ4v) is 6.63. The van der Waals surface area contributed by atoms with Crippen molar-refractivity contribution in [2.24, 2.45) is 5.92 Å². The SMILES string of the molecule is COc1ccc2c3c1O[C@H]1C(OC(=O)[C@H](O)c4ccccc4)=CC[C@@]4(O)[C@H](CCC[C@]314)C2. The predicted molar refractivity (Wildman–Crippen MR) is 115 cm³/mol.